The van der Waals surface area contributed by atoms with E-state index in [0.29, 0.717) is 11.7 Å². The molecule has 274 valence electrons. The zero-order valence-corrected chi connectivity index (χ0v) is 31.8. The summed E-state index contributed by atoms with van der Waals surface area (Å²) in [5.41, 5.74) is 16.0. The maximum absolute atomic E-state index is 6.83. The first kappa shape index (κ1) is 32.9. The number of ether oxygens (including phenoxy) is 1. The van der Waals surface area contributed by atoms with E-state index in [1.165, 1.54) is 33.4 Å². The molecule has 2 aliphatic carbocycles. The number of aromatic nitrogens is 2. The van der Waals surface area contributed by atoms with Crippen LogP contribution in [0.5, 0.6) is 11.5 Å². The van der Waals surface area contributed by atoms with Crippen LogP contribution in [0.4, 0.5) is 0 Å². The third kappa shape index (κ3) is 4.88. The van der Waals surface area contributed by atoms with Gasteiger partial charge in [-0.15, -0.1) is 0 Å². The van der Waals surface area contributed by atoms with Gasteiger partial charge in [0.2, 0.25) is 0 Å². The van der Waals surface area contributed by atoms with E-state index in [2.05, 4.69) is 153 Å². The summed E-state index contributed by atoms with van der Waals surface area (Å²) in [6.07, 6.45) is 5.71. The summed E-state index contributed by atoms with van der Waals surface area (Å²) >= 11 is 0. The SMILES string of the molecule is CC1C=CC2=C(C1)C1(c3ccccc3Oc3cc(-c4ccc(-c5nc(-c6ccccc6)cc(-c6ccc7c(c6)oc6ccccc67)n5)cc4)ccc31)c1ccccc12. The minimum absolute atomic E-state index is 0.411. The van der Waals surface area contributed by atoms with Crippen molar-refractivity contribution in [2.75, 3.05) is 0 Å². The number of allylic oxidation sites excluding steroid dienone is 4. The molecular formula is C54H36N2O2. The van der Waals surface area contributed by atoms with E-state index >= 15 is 0 Å². The fourth-order valence-electron chi connectivity index (χ4n) is 9.69. The predicted molar refractivity (Wildman–Crippen MR) is 234 cm³/mol. The van der Waals surface area contributed by atoms with Crippen molar-refractivity contribution in [3.8, 4) is 56.5 Å². The molecule has 7 aromatic carbocycles. The maximum Gasteiger partial charge on any atom is 0.160 e. The van der Waals surface area contributed by atoms with E-state index in [4.69, 9.17) is 19.1 Å². The Labute approximate surface area is 336 Å². The van der Waals surface area contributed by atoms with Crippen LogP contribution in [0.2, 0.25) is 0 Å². The first-order valence-electron chi connectivity index (χ1n) is 20.0. The van der Waals surface area contributed by atoms with E-state index < -0.39 is 5.41 Å². The summed E-state index contributed by atoms with van der Waals surface area (Å²) in [4.78, 5) is 10.3. The fraction of sp³-hybridized carbons (Fsp3) is 0.0741. The van der Waals surface area contributed by atoms with E-state index in [0.717, 1.165) is 79.1 Å². The molecule has 2 unspecified atom stereocenters. The van der Waals surface area contributed by atoms with Crippen molar-refractivity contribution in [3.63, 3.8) is 0 Å². The van der Waals surface area contributed by atoms with Crippen molar-refractivity contribution >= 4 is 27.5 Å². The number of benzene rings is 7. The van der Waals surface area contributed by atoms with Crippen LogP contribution < -0.4 is 4.74 Å². The van der Waals surface area contributed by atoms with Crippen LogP contribution in [0.3, 0.4) is 0 Å². The van der Waals surface area contributed by atoms with Crippen LogP contribution >= 0.6 is 0 Å². The molecule has 3 heterocycles. The second-order valence-corrected chi connectivity index (χ2v) is 15.8. The molecule has 0 fully saturated rings. The topological polar surface area (TPSA) is 48.2 Å². The smallest absolute Gasteiger partial charge is 0.160 e. The Morgan fingerprint density at radius 1 is 0.517 bits per heavy atom. The van der Waals surface area contributed by atoms with Gasteiger partial charge in [0, 0.05) is 38.6 Å². The van der Waals surface area contributed by atoms with Crippen molar-refractivity contribution in [2.24, 2.45) is 5.92 Å². The molecule has 0 saturated heterocycles. The van der Waals surface area contributed by atoms with Gasteiger partial charge >= 0.3 is 0 Å². The Kier molecular flexibility index (Phi) is 7.15. The summed E-state index contributed by atoms with van der Waals surface area (Å²) in [7, 11) is 0. The molecule has 0 amide bonds. The number of furan rings is 1. The summed E-state index contributed by atoms with van der Waals surface area (Å²) in [6, 6.07) is 59.8. The third-order valence-corrected chi connectivity index (χ3v) is 12.4. The zero-order chi connectivity index (χ0) is 38.4. The highest BCUT2D eigenvalue weighted by molar-refractivity contribution is 6.06. The second kappa shape index (κ2) is 12.6. The molecule has 1 spiro atoms. The van der Waals surface area contributed by atoms with Gasteiger partial charge in [-0.1, -0.05) is 153 Å². The number of para-hydroxylation sites is 2. The fourth-order valence-corrected chi connectivity index (χ4v) is 9.69. The Bertz CT molecular complexity index is 3190. The molecule has 58 heavy (non-hydrogen) atoms. The molecule has 0 saturated carbocycles. The van der Waals surface area contributed by atoms with Crippen LogP contribution in [-0.2, 0) is 5.41 Å². The number of hydrogen-bond acceptors (Lipinski definition) is 4. The summed E-state index contributed by atoms with van der Waals surface area (Å²) in [5, 5.41) is 2.20. The Hall–Kier alpha value is -7.30. The lowest BCUT2D eigenvalue weighted by Gasteiger charge is -2.41. The number of fused-ring (bicyclic) bond motifs is 11. The molecule has 12 rings (SSSR count). The number of rotatable bonds is 4. The van der Waals surface area contributed by atoms with Crippen molar-refractivity contribution in [3.05, 3.63) is 210 Å². The predicted octanol–water partition coefficient (Wildman–Crippen LogP) is 13.8. The molecule has 4 nitrogen and oxygen atoms in total. The van der Waals surface area contributed by atoms with Gasteiger partial charge in [0.1, 0.15) is 22.7 Å². The highest BCUT2D eigenvalue weighted by Crippen LogP contribution is 2.63. The molecule has 9 aromatic rings. The van der Waals surface area contributed by atoms with E-state index in [9.17, 15) is 0 Å². The van der Waals surface area contributed by atoms with Crippen molar-refractivity contribution in [1.82, 2.24) is 9.97 Å². The monoisotopic (exact) mass is 744 g/mol. The Morgan fingerprint density at radius 3 is 2.07 bits per heavy atom. The molecule has 0 bridgehead atoms. The summed E-state index contributed by atoms with van der Waals surface area (Å²) < 4.78 is 13.1. The maximum atomic E-state index is 6.83. The molecule has 2 atom stereocenters. The van der Waals surface area contributed by atoms with Crippen LogP contribution in [-0.4, -0.2) is 9.97 Å². The van der Waals surface area contributed by atoms with Crippen molar-refractivity contribution < 1.29 is 9.15 Å². The van der Waals surface area contributed by atoms with Gasteiger partial charge in [-0.2, -0.15) is 0 Å². The first-order valence-corrected chi connectivity index (χ1v) is 20.0. The number of nitrogens with zero attached hydrogens (tertiary/aromatic N) is 2. The van der Waals surface area contributed by atoms with Crippen LogP contribution in [0.15, 0.2) is 192 Å². The van der Waals surface area contributed by atoms with Gasteiger partial charge in [-0.25, -0.2) is 9.97 Å². The zero-order valence-electron chi connectivity index (χ0n) is 31.8. The van der Waals surface area contributed by atoms with E-state index in [1.807, 2.05) is 36.4 Å². The van der Waals surface area contributed by atoms with Crippen LogP contribution in [0.25, 0.3) is 72.5 Å². The minimum atomic E-state index is -0.411. The average Bonchev–Trinajstić information content (AvgIpc) is 3.79. The normalized spacial score (nSPS) is 17.6. The van der Waals surface area contributed by atoms with Gasteiger partial charge in [-0.05, 0) is 82.1 Å². The summed E-state index contributed by atoms with van der Waals surface area (Å²) in [5.74, 6) is 2.93. The lowest BCUT2D eigenvalue weighted by Crippen LogP contribution is -2.34. The van der Waals surface area contributed by atoms with Gasteiger partial charge < -0.3 is 9.15 Å². The molecule has 3 aliphatic rings. The molecule has 2 aromatic heterocycles. The van der Waals surface area contributed by atoms with E-state index in [1.54, 1.807) is 0 Å². The lowest BCUT2D eigenvalue weighted by atomic mass is 9.63. The minimum Gasteiger partial charge on any atom is -0.457 e. The van der Waals surface area contributed by atoms with E-state index in [-0.39, 0.29) is 0 Å². The standard InChI is InChI=1S/C54H36N2O2/c1-33-19-26-40-39-13-5-7-15-43(39)54(46(40)29-33)44-16-8-10-18-50(44)58-52-30-37(25-28-45(52)54)34-20-22-36(23-21-34)53-55-47(35-11-3-2-4-12-35)32-48(56-53)38-24-27-42-41-14-6-9-17-49(41)57-51(42)31-38/h2-28,30-33H,29H2,1H3. The van der Waals surface area contributed by atoms with Crippen molar-refractivity contribution in [1.29, 1.82) is 0 Å². The van der Waals surface area contributed by atoms with Gasteiger partial charge in [0.15, 0.2) is 5.82 Å². The van der Waals surface area contributed by atoms with Crippen molar-refractivity contribution in [2.45, 2.75) is 18.8 Å². The Balaban J connectivity index is 0.950. The molecule has 1 aliphatic heterocycles. The first-order chi connectivity index (χ1) is 28.6. The van der Waals surface area contributed by atoms with Gasteiger partial charge in [0.05, 0.1) is 16.8 Å². The van der Waals surface area contributed by atoms with Gasteiger partial charge in [0.25, 0.3) is 0 Å². The van der Waals surface area contributed by atoms with Gasteiger partial charge in [-0.3, -0.25) is 0 Å². The largest absolute Gasteiger partial charge is 0.457 e. The lowest BCUT2D eigenvalue weighted by molar-refractivity contribution is 0.429. The quantitative estimate of drug-likeness (QED) is 0.180. The highest BCUT2D eigenvalue weighted by Gasteiger charge is 2.52. The third-order valence-electron chi connectivity index (χ3n) is 12.4. The molecular weight excluding hydrogens is 709 g/mol. The summed E-state index contributed by atoms with van der Waals surface area (Å²) in [6.45, 7) is 2.32. The molecule has 4 heteroatoms. The Morgan fingerprint density at radius 2 is 1.19 bits per heavy atom. The molecule has 0 N–H and O–H groups in total. The highest BCUT2D eigenvalue weighted by atomic mass is 16.5. The molecule has 0 radical (unpaired) electrons. The van der Waals surface area contributed by atoms with Crippen LogP contribution in [0.1, 0.15) is 35.6 Å². The average molecular weight is 745 g/mol. The number of hydrogen-bond donors (Lipinski definition) is 0. The second-order valence-electron chi connectivity index (χ2n) is 15.8. The van der Waals surface area contributed by atoms with Crippen LogP contribution in [0, 0.1) is 5.92 Å².